The van der Waals surface area contributed by atoms with Crippen molar-refractivity contribution in [2.45, 2.75) is 71.1 Å². The number of hydrogen-bond acceptors (Lipinski definition) is 2. The van der Waals surface area contributed by atoms with Gasteiger partial charge in [0.1, 0.15) is 0 Å². The van der Waals surface area contributed by atoms with Crippen LogP contribution >= 0.6 is 0 Å². The van der Waals surface area contributed by atoms with E-state index in [2.05, 4.69) is 33.1 Å². The topological polar surface area (TPSA) is 21.3 Å². The molecule has 2 heteroatoms. The van der Waals surface area contributed by atoms with Gasteiger partial charge in [0.25, 0.3) is 0 Å². The second kappa shape index (κ2) is 6.49. The van der Waals surface area contributed by atoms with Gasteiger partial charge in [0.05, 0.1) is 12.2 Å². The van der Waals surface area contributed by atoms with E-state index in [4.69, 9.17) is 4.74 Å². The number of nitrogens with one attached hydrogen (secondary N) is 1. The molecule has 0 spiro atoms. The quantitative estimate of drug-likeness (QED) is 0.725. The van der Waals surface area contributed by atoms with Gasteiger partial charge in [-0.15, -0.1) is 0 Å². The lowest BCUT2D eigenvalue weighted by Gasteiger charge is -2.29. The van der Waals surface area contributed by atoms with Crippen LogP contribution in [0.4, 0.5) is 0 Å². The second-order valence-corrected chi connectivity index (χ2v) is 5.16. The molecule has 90 valence electrons. The van der Waals surface area contributed by atoms with E-state index in [1.54, 1.807) is 0 Å². The predicted molar refractivity (Wildman–Crippen MR) is 65.1 cm³/mol. The summed E-state index contributed by atoms with van der Waals surface area (Å²) in [6.45, 7) is 6.66. The van der Waals surface area contributed by atoms with E-state index in [-0.39, 0.29) is 0 Å². The molecule has 0 saturated heterocycles. The third kappa shape index (κ3) is 4.12. The summed E-state index contributed by atoms with van der Waals surface area (Å²) in [4.78, 5) is 0. The highest BCUT2D eigenvalue weighted by Gasteiger charge is 2.25. The summed E-state index contributed by atoms with van der Waals surface area (Å²) in [5, 5.41) is 3.41. The fraction of sp³-hybridized carbons (Fsp3) is 1.00. The minimum atomic E-state index is 0.379. The first kappa shape index (κ1) is 13.0. The highest BCUT2D eigenvalue weighted by molar-refractivity contribution is 4.80. The second-order valence-electron chi connectivity index (χ2n) is 5.16. The number of likely N-dealkylation sites (N-methyl/N-ethyl adjacent to an activating group) is 1. The summed E-state index contributed by atoms with van der Waals surface area (Å²) < 4.78 is 6.17. The zero-order valence-electron chi connectivity index (χ0n) is 10.8. The molecule has 0 amide bonds. The smallest absolute Gasteiger partial charge is 0.0731 e. The molecule has 0 aromatic rings. The van der Waals surface area contributed by atoms with Crippen LogP contribution in [-0.4, -0.2) is 25.3 Å². The van der Waals surface area contributed by atoms with Crippen molar-refractivity contribution < 1.29 is 4.74 Å². The van der Waals surface area contributed by atoms with E-state index < -0.39 is 0 Å². The minimum absolute atomic E-state index is 0.379. The van der Waals surface area contributed by atoms with Gasteiger partial charge in [0, 0.05) is 6.04 Å². The average Bonchev–Trinajstić information content (AvgIpc) is 2.42. The van der Waals surface area contributed by atoms with Gasteiger partial charge in [-0.3, -0.25) is 0 Å². The van der Waals surface area contributed by atoms with Crippen LogP contribution in [0.15, 0.2) is 0 Å². The Morgan fingerprint density at radius 3 is 2.33 bits per heavy atom. The van der Waals surface area contributed by atoms with Gasteiger partial charge in [-0.1, -0.05) is 33.1 Å². The van der Waals surface area contributed by atoms with Gasteiger partial charge >= 0.3 is 0 Å². The Balaban J connectivity index is 2.47. The van der Waals surface area contributed by atoms with Crippen molar-refractivity contribution in [3.05, 3.63) is 0 Å². The van der Waals surface area contributed by atoms with Gasteiger partial charge in [0.2, 0.25) is 0 Å². The summed E-state index contributed by atoms with van der Waals surface area (Å²) in [7, 11) is 2.06. The molecule has 1 saturated carbocycles. The van der Waals surface area contributed by atoms with E-state index in [0.717, 1.165) is 0 Å². The fourth-order valence-corrected chi connectivity index (χ4v) is 2.20. The zero-order chi connectivity index (χ0) is 11.3. The molecule has 1 N–H and O–H groups in total. The Bertz CT molecular complexity index is 170. The van der Waals surface area contributed by atoms with Crippen LogP contribution in [0.3, 0.4) is 0 Å². The zero-order valence-corrected chi connectivity index (χ0v) is 10.8. The molecule has 3 atom stereocenters. The molecular weight excluding hydrogens is 186 g/mol. The van der Waals surface area contributed by atoms with Crippen molar-refractivity contribution in [3.8, 4) is 0 Å². The lowest BCUT2D eigenvalue weighted by Crippen LogP contribution is -2.41. The standard InChI is InChI=1S/C13H27NO/c1-10(2)11(3)15-13-9-7-5-6-8-12(13)14-4/h10-14H,5-9H2,1-4H3. The van der Waals surface area contributed by atoms with Crippen molar-refractivity contribution in [2.75, 3.05) is 7.05 Å². The van der Waals surface area contributed by atoms with Gasteiger partial charge in [-0.25, -0.2) is 0 Å². The molecular formula is C13H27NO. The van der Waals surface area contributed by atoms with E-state index in [1.165, 1.54) is 32.1 Å². The third-order valence-electron chi connectivity index (χ3n) is 3.65. The van der Waals surface area contributed by atoms with Crippen LogP contribution < -0.4 is 5.32 Å². The first-order valence-electron chi connectivity index (χ1n) is 6.48. The minimum Gasteiger partial charge on any atom is -0.373 e. The Labute approximate surface area is 94.8 Å². The number of hydrogen-bond donors (Lipinski definition) is 1. The van der Waals surface area contributed by atoms with Crippen molar-refractivity contribution in [1.82, 2.24) is 5.32 Å². The van der Waals surface area contributed by atoms with Crippen LogP contribution in [-0.2, 0) is 4.74 Å². The van der Waals surface area contributed by atoms with Gasteiger partial charge < -0.3 is 10.1 Å². The Hall–Kier alpha value is -0.0800. The third-order valence-corrected chi connectivity index (χ3v) is 3.65. The molecule has 0 heterocycles. The number of ether oxygens (including phenoxy) is 1. The summed E-state index contributed by atoms with van der Waals surface area (Å²) in [5.74, 6) is 0.616. The molecule has 3 unspecified atom stereocenters. The van der Waals surface area contributed by atoms with E-state index in [9.17, 15) is 0 Å². The van der Waals surface area contributed by atoms with Crippen molar-refractivity contribution >= 4 is 0 Å². The lowest BCUT2D eigenvalue weighted by molar-refractivity contribution is -0.0444. The maximum atomic E-state index is 6.17. The summed E-state index contributed by atoms with van der Waals surface area (Å²) >= 11 is 0. The first-order valence-corrected chi connectivity index (χ1v) is 6.48. The Kier molecular flexibility index (Phi) is 5.62. The van der Waals surface area contributed by atoms with Crippen LogP contribution in [0.1, 0.15) is 52.9 Å². The van der Waals surface area contributed by atoms with Crippen LogP contribution in [0.2, 0.25) is 0 Å². The molecule has 1 rings (SSSR count). The molecule has 2 nitrogen and oxygen atoms in total. The van der Waals surface area contributed by atoms with Crippen LogP contribution in [0.5, 0.6) is 0 Å². The highest BCUT2D eigenvalue weighted by atomic mass is 16.5. The van der Waals surface area contributed by atoms with Crippen molar-refractivity contribution in [1.29, 1.82) is 0 Å². The Morgan fingerprint density at radius 1 is 1.07 bits per heavy atom. The molecule has 0 aromatic carbocycles. The van der Waals surface area contributed by atoms with Gasteiger partial charge in [-0.05, 0) is 32.7 Å². The highest BCUT2D eigenvalue weighted by Crippen LogP contribution is 2.23. The van der Waals surface area contributed by atoms with Gasteiger partial charge in [0.15, 0.2) is 0 Å². The molecule has 0 aromatic heterocycles. The molecule has 0 aliphatic heterocycles. The Morgan fingerprint density at radius 2 is 1.73 bits per heavy atom. The van der Waals surface area contributed by atoms with E-state index >= 15 is 0 Å². The monoisotopic (exact) mass is 213 g/mol. The normalized spacial score (nSPS) is 30.2. The van der Waals surface area contributed by atoms with Crippen LogP contribution in [0.25, 0.3) is 0 Å². The lowest BCUT2D eigenvalue weighted by atomic mass is 10.0. The molecule has 1 aliphatic rings. The average molecular weight is 213 g/mol. The largest absolute Gasteiger partial charge is 0.373 e. The molecule has 1 aliphatic carbocycles. The molecule has 15 heavy (non-hydrogen) atoms. The van der Waals surface area contributed by atoms with Crippen molar-refractivity contribution in [3.63, 3.8) is 0 Å². The predicted octanol–water partition coefficient (Wildman–Crippen LogP) is 2.97. The van der Waals surface area contributed by atoms with Crippen molar-refractivity contribution in [2.24, 2.45) is 5.92 Å². The van der Waals surface area contributed by atoms with E-state index in [1.807, 2.05) is 0 Å². The summed E-state index contributed by atoms with van der Waals surface area (Å²) in [5.41, 5.74) is 0. The maximum Gasteiger partial charge on any atom is 0.0731 e. The SMILES string of the molecule is CNC1CCCCCC1OC(C)C(C)C. The fourth-order valence-electron chi connectivity index (χ4n) is 2.20. The van der Waals surface area contributed by atoms with Gasteiger partial charge in [-0.2, -0.15) is 0 Å². The molecule has 0 bridgehead atoms. The maximum absolute atomic E-state index is 6.17. The van der Waals surface area contributed by atoms with E-state index in [0.29, 0.717) is 24.2 Å². The number of rotatable bonds is 4. The summed E-state index contributed by atoms with van der Waals surface area (Å²) in [6.07, 6.45) is 7.34. The first-order chi connectivity index (χ1) is 7.15. The molecule has 0 radical (unpaired) electrons. The molecule has 1 fully saturated rings. The van der Waals surface area contributed by atoms with Crippen LogP contribution in [0, 0.1) is 5.92 Å². The summed E-state index contributed by atoms with van der Waals surface area (Å²) in [6, 6.07) is 0.564.